The standard InChI is InChI=1S/C18H24N4O3S3/c1-12(2)11-26-18-21-20-17(27-18)19-16(23)14-7-6-13(3)15(10-14)28(24,25)22-8-4-5-9-22/h6-7,10,12H,4-5,8-9,11H2,1-3H3,(H,19,20,23). The molecule has 1 fully saturated rings. The lowest BCUT2D eigenvalue weighted by Gasteiger charge is -2.17. The maximum absolute atomic E-state index is 12.9. The molecule has 1 N–H and O–H groups in total. The van der Waals surface area contributed by atoms with Crippen molar-refractivity contribution >= 4 is 44.2 Å². The van der Waals surface area contributed by atoms with Crippen LogP contribution in [0.2, 0.25) is 0 Å². The van der Waals surface area contributed by atoms with Gasteiger partial charge in [-0.1, -0.05) is 43.0 Å². The highest BCUT2D eigenvalue weighted by molar-refractivity contribution is 8.01. The second-order valence-electron chi connectivity index (χ2n) is 7.12. The van der Waals surface area contributed by atoms with Crippen molar-refractivity contribution in [3.05, 3.63) is 29.3 Å². The lowest BCUT2D eigenvalue weighted by molar-refractivity contribution is 0.102. The molecule has 0 unspecified atom stereocenters. The van der Waals surface area contributed by atoms with E-state index >= 15 is 0 Å². The van der Waals surface area contributed by atoms with E-state index in [4.69, 9.17) is 0 Å². The molecule has 3 rings (SSSR count). The van der Waals surface area contributed by atoms with Gasteiger partial charge in [-0.25, -0.2) is 8.42 Å². The molecule has 1 saturated heterocycles. The third-order valence-electron chi connectivity index (χ3n) is 4.30. The summed E-state index contributed by atoms with van der Waals surface area (Å²) in [5.41, 5.74) is 0.918. The molecular formula is C18H24N4O3S3. The van der Waals surface area contributed by atoms with E-state index in [1.54, 1.807) is 30.8 Å². The molecule has 10 heteroatoms. The summed E-state index contributed by atoms with van der Waals surface area (Å²) in [6, 6.07) is 4.75. The quantitative estimate of drug-likeness (QED) is 0.522. The summed E-state index contributed by atoms with van der Waals surface area (Å²) < 4.78 is 28.1. The van der Waals surface area contributed by atoms with Gasteiger partial charge in [0.15, 0.2) is 4.34 Å². The molecular weight excluding hydrogens is 416 g/mol. The Balaban J connectivity index is 1.76. The minimum absolute atomic E-state index is 0.187. The SMILES string of the molecule is Cc1ccc(C(=O)Nc2nnc(SCC(C)C)s2)cc1S(=O)(=O)N1CCCC1. The van der Waals surface area contributed by atoms with Crippen LogP contribution in [0, 0.1) is 12.8 Å². The smallest absolute Gasteiger partial charge is 0.257 e. The van der Waals surface area contributed by atoms with Gasteiger partial charge < -0.3 is 0 Å². The molecule has 28 heavy (non-hydrogen) atoms. The van der Waals surface area contributed by atoms with Crippen molar-refractivity contribution in [2.45, 2.75) is 42.8 Å². The maximum atomic E-state index is 12.9. The minimum atomic E-state index is -3.59. The number of carbonyl (C=O) groups is 1. The Morgan fingerprint density at radius 3 is 2.68 bits per heavy atom. The number of hydrogen-bond acceptors (Lipinski definition) is 7. The molecule has 7 nitrogen and oxygen atoms in total. The number of carbonyl (C=O) groups excluding carboxylic acids is 1. The first kappa shape index (κ1) is 21.2. The van der Waals surface area contributed by atoms with E-state index in [1.165, 1.54) is 21.7 Å². The van der Waals surface area contributed by atoms with Crippen LogP contribution in [0.4, 0.5) is 5.13 Å². The third-order valence-corrected chi connectivity index (χ3v) is 8.74. The minimum Gasteiger partial charge on any atom is -0.296 e. The molecule has 1 aliphatic heterocycles. The van der Waals surface area contributed by atoms with Crippen molar-refractivity contribution < 1.29 is 13.2 Å². The second kappa shape index (κ2) is 8.89. The predicted octanol–water partition coefficient (Wildman–Crippen LogP) is 3.63. The molecule has 0 aliphatic carbocycles. The zero-order valence-electron chi connectivity index (χ0n) is 16.1. The summed E-state index contributed by atoms with van der Waals surface area (Å²) in [4.78, 5) is 12.8. The average molecular weight is 441 g/mol. The zero-order chi connectivity index (χ0) is 20.3. The molecule has 0 atom stereocenters. The van der Waals surface area contributed by atoms with E-state index in [9.17, 15) is 13.2 Å². The number of amides is 1. The Labute approximate surface area is 174 Å². The summed E-state index contributed by atoms with van der Waals surface area (Å²) >= 11 is 2.92. The first-order valence-electron chi connectivity index (χ1n) is 9.16. The number of aromatic nitrogens is 2. The number of nitrogens with zero attached hydrogens (tertiary/aromatic N) is 3. The van der Waals surface area contributed by atoms with Gasteiger partial charge in [0.25, 0.3) is 5.91 Å². The van der Waals surface area contributed by atoms with E-state index in [0.717, 1.165) is 22.9 Å². The van der Waals surface area contributed by atoms with Gasteiger partial charge in [0, 0.05) is 24.4 Å². The Hall–Kier alpha value is -1.49. The first-order valence-corrected chi connectivity index (χ1v) is 12.4. The molecule has 0 saturated carbocycles. The van der Waals surface area contributed by atoms with Crippen molar-refractivity contribution in [1.29, 1.82) is 0 Å². The number of thioether (sulfide) groups is 1. The van der Waals surface area contributed by atoms with E-state index in [0.29, 0.717) is 29.7 Å². The average Bonchev–Trinajstić information content (AvgIpc) is 3.32. The highest BCUT2D eigenvalue weighted by Crippen LogP contribution is 2.28. The highest BCUT2D eigenvalue weighted by atomic mass is 32.2. The summed E-state index contributed by atoms with van der Waals surface area (Å²) in [5.74, 6) is 1.07. The Morgan fingerprint density at radius 1 is 1.29 bits per heavy atom. The van der Waals surface area contributed by atoms with E-state index < -0.39 is 15.9 Å². The Bertz CT molecular complexity index is 951. The van der Waals surface area contributed by atoms with Crippen molar-refractivity contribution in [3.63, 3.8) is 0 Å². The van der Waals surface area contributed by atoms with Crippen LogP contribution in [0.25, 0.3) is 0 Å². The van der Waals surface area contributed by atoms with Crippen LogP contribution in [0.5, 0.6) is 0 Å². The fraction of sp³-hybridized carbons (Fsp3) is 0.500. The molecule has 0 radical (unpaired) electrons. The summed E-state index contributed by atoms with van der Waals surface area (Å²) in [6.45, 7) is 7.05. The fourth-order valence-corrected chi connectivity index (χ4v) is 6.30. The van der Waals surface area contributed by atoms with Crippen molar-refractivity contribution in [2.75, 3.05) is 24.2 Å². The number of sulfonamides is 1. The molecule has 1 aliphatic rings. The van der Waals surface area contributed by atoms with Crippen LogP contribution in [0.1, 0.15) is 42.6 Å². The van der Waals surface area contributed by atoms with Gasteiger partial charge in [0.05, 0.1) is 4.90 Å². The number of anilines is 1. The van der Waals surface area contributed by atoms with Gasteiger partial charge in [-0.05, 0) is 43.4 Å². The molecule has 1 aromatic carbocycles. The molecule has 1 amide bonds. The van der Waals surface area contributed by atoms with Gasteiger partial charge in [-0.15, -0.1) is 10.2 Å². The van der Waals surface area contributed by atoms with Crippen LogP contribution in [0.15, 0.2) is 27.4 Å². The van der Waals surface area contributed by atoms with Gasteiger partial charge >= 0.3 is 0 Å². The van der Waals surface area contributed by atoms with Gasteiger partial charge in [0.1, 0.15) is 0 Å². The van der Waals surface area contributed by atoms with Crippen LogP contribution in [-0.4, -0.2) is 47.7 Å². The molecule has 2 aromatic rings. The molecule has 0 spiro atoms. The van der Waals surface area contributed by atoms with Gasteiger partial charge in [-0.2, -0.15) is 4.31 Å². The van der Waals surface area contributed by atoms with Crippen molar-refractivity contribution in [1.82, 2.24) is 14.5 Å². The molecule has 1 aromatic heterocycles. The first-order chi connectivity index (χ1) is 13.3. The number of benzene rings is 1. The Kier molecular flexibility index (Phi) is 6.74. The normalized spacial score (nSPS) is 15.3. The van der Waals surface area contributed by atoms with E-state index in [1.807, 2.05) is 0 Å². The fourth-order valence-electron chi connectivity index (χ4n) is 2.81. The largest absolute Gasteiger partial charge is 0.296 e. The lowest BCUT2D eigenvalue weighted by atomic mass is 10.1. The predicted molar refractivity (Wildman–Crippen MR) is 113 cm³/mol. The van der Waals surface area contributed by atoms with Gasteiger partial charge in [-0.3, -0.25) is 10.1 Å². The topological polar surface area (TPSA) is 92.3 Å². The monoisotopic (exact) mass is 440 g/mol. The maximum Gasteiger partial charge on any atom is 0.257 e. The number of hydrogen-bond donors (Lipinski definition) is 1. The zero-order valence-corrected chi connectivity index (χ0v) is 18.6. The summed E-state index contributed by atoms with van der Waals surface area (Å²) in [7, 11) is -3.59. The van der Waals surface area contributed by atoms with E-state index in [-0.39, 0.29) is 10.5 Å². The van der Waals surface area contributed by atoms with Crippen LogP contribution in [-0.2, 0) is 10.0 Å². The number of nitrogens with one attached hydrogen (secondary N) is 1. The Morgan fingerprint density at radius 2 is 2.00 bits per heavy atom. The van der Waals surface area contributed by atoms with E-state index in [2.05, 4.69) is 29.4 Å². The van der Waals surface area contributed by atoms with Crippen LogP contribution in [0.3, 0.4) is 0 Å². The molecule has 2 heterocycles. The van der Waals surface area contributed by atoms with Crippen LogP contribution >= 0.6 is 23.1 Å². The number of rotatable bonds is 7. The van der Waals surface area contributed by atoms with Crippen molar-refractivity contribution in [2.24, 2.45) is 5.92 Å². The summed E-state index contributed by atoms with van der Waals surface area (Å²) in [5, 5.41) is 11.2. The van der Waals surface area contributed by atoms with Gasteiger partial charge in [0.2, 0.25) is 15.2 Å². The van der Waals surface area contributed by atoms with Crippen molar-refractivity contribution in [3.8, 4) is 0 Å². The molecule has 152 valence electrons. The highest BCUT2D eigenvalue weighted by Gasteiger charge is 2.29. The molecule has 0 bridgehead atoms. The lowest BCUT2D eigenvalue weighted by Crippen LogP contribution is -2.28. The third kappa shape index (κ3) is 4.91. The number of aryl methyl sites for hydroxylation is 1. The summed E-state index contributed by atoms with van der Waals surface area (Å²) in [6.07, 6.45) is 1.74. The second-order valence-corrected chi connectivity index (χ2v) is 11.3. The van der Waals surface area contributed by atoms with Crippen LogP contribution < -0.4 is 5.32 Å².